The molecule has 0 unspecified atom stereocenters. The summed E-state index contributed by atoms with van der Waals surface area (Å²) in [6, 6.07) is 8.72. The van der Waals surface area contributed by atoms with E-state index in [0.29, 0.717) is 24.2 Å². The molecule has 0 bridgehead atoms. The highest BCUT2D eigenvalue weighted by atomic mass is 32.2. The van der Waals surface area contributed by atoms with E-state index < -0.39 is 10.0 Å². The molecular formula is C13H13N7O2S. The van der Waals surface area contributed by atoms with Gasteiger partial charge in [0.25, 0.3) is 0 Å². The second-order valence-electron chi connectivity index (χ2n) is 4.98. The van der Waals surface area contributed by atoms with Crippen molar-refractivity contribution in [3.05, 3.63) is 36.3 Å². The van der Waals surface area contributed by atoms with Crippen molar-refractivity contribution in [2.45, 2.75) is 18.1 Å². The van der Waals surface area contributed by atoms with Crippen LogP contribution in [-0.4, -0.2) is 34.3 Å². The van der Waals surface area contributed by atoms with Crippen LogP contribution in [0.5, 0.6) is 0 Å². The lowest BCUT2D eigenvalue weighted by atomic mass is 10.2. The predicted molar refractivity (Wildman–Crippen MR) is 83.4 cm³/mol. The van der Waals surface area contributed by atoms with Crippen molar-refractivity contribution in [1.29, 1.82) is 5.26 Å². The van der Waals surface area contributed by atoms with Gasteiger partial charge in [0.15, 0.2) is 0 Å². The van der Waals surface area contributed by atoms with Gasteiger partial charge >= 0.3 is 0 Å². The van der Waals surface area contributed by atoms with Gasteiger partial charge in [0.1, 0.15) is 11.6 Å². The zero-order valence-corrected chi connectivity index (χ0v) is 12.7. The van der Waals surface area contributed by atoms with Gasteiger partial charge in [0.2, 0.25) is 15.8 Å². The maximum absolute atomic E-state index is 11.9. The number of tetrazole rings is 1. The van der Waals surface area contributed by atoms with Crippen molar-refractivity contribution in [3.63, 3.8) is 0 Å². The molecule has 3 N–H and O–H groups in total. The monoisotopic (exact) mass is 331 g/mol. The fraction of sp³-hybridized carbons (Fsp3) is 0.231. The summed E-state index contributed by atoms with van der Waals surface area (Å²) in [6.07, 6.45) is 2.83. The van der Waals surface area contributed by atoms with Crippen LogP contribution in [0.15, 0.2) is 30.5 Å². The maximum Gasteiger partial charge on any atom is 0.235 e. The van der Waals surface area contributed by atoms with E-state index in [4.69, 9.17) is 5.26 Å². The number of H-pyrrole nitrogens is 1. The van der Waals surface area contributed by atoms with Crippen LogP contribution in [0, 0.1) is 11.3 Å². The quantitative estimate of drug-likeness (QED) is 0.674. The Hall–Kier alpha value is -2.93. The topological polar surface area (TPSA) is 136 Å². The number of nitrogens with zero attached hydrogens (tertiary/aromatic N) is 4. The molecule has 9 nitrogen and oxygen atoms in total. The van der Waals surface area contributed by atoms with E-state index in [9.17, 15) is 8.42 Å². The predicted octanol–water partition coefficient (Wildman–Crippen LogP) is 1.08. The van der Waals surface area contributed by atoms with E-state index in [1.165, 1.54) is 6.20 Å². The zero-order chi connectivity index (χ0) is 16.3. The largest absolute Gasteiger partial charge is 0.360 e. The summed E-state index contributed by atoms with van der Waals surface area (Å²) >= 11 is 0. The molecule has 1 fully saturated rings. The van der Waals surface area contributed by atoms with E-state index in [-0.39, 0.29) is 16.6 Å². The first-order valence-electron chi connectivity index (χ1n) is 6.81. The van der Waals surface area contributed by atoms with Crippen molar-refractivity contribution in [2.24, 2.45) is 0 Å². The lowest BCUT2D eigenvalue weighted by Crippen LogP contribution is -2.17. The van der Waals surface area contributed by atoms with Crippen LogP contribution >= 0.6 is 0 Å². The van der Waals surface area contributed by atoms with Crippen LogP contribution in [0.4, 0.5) is 11.4 Å². The molecule has 0 aliphatic heterocycles. The van der Waals surface area contributed by atoms with Gasteiger partial charge in [0, 0.05) is 11.9 Å². The van der Waals surface area contributed by atoms with Crippen LogP contribution in [-0.2, 0) is 10.0 Å². The summed E-state index contributed by atoms with van der Waals surface area (Å²) in [5.74, 6) is 0.172. The van der Waals surface area contributed by atoms with Crippen molar-refractivity contribution in [2.75, 3.05) is 10.0 Å². The summed E-state index contributed by atoms with van der Waals surface area (Å²) in [6.45, 7) is 0. The standard InChI is InChI=1S/C13H13N7O2S/c14-7-9(13-16-19-20-17-13)8-15-10-2-1-3-11(6-10)18-23(21,22)12-4-5-12/h1-3,6,8,12,15,18H,4-5H2,(H,16,17,19,20). The van der Waals surface area contributed by atoms with Gasteiger partial charge in [0.05, 0.1) is 10.9 Å². The van der Waals surface area contributed by atoms with Gasteiger partial charge < -0.3 is 5.32 Å². The van der Waals surface area contributed by atoms with Crippen LogP contribution in [0.1, 0.15) is 18.7 Å². The molecule has 3 rings (SSSR count). The minimum atomic E-state index is -3.31. The normalized spacial score (nSPS) is 15.0. The average Bonchev–Trinajstić information content (AvgIpc) is 3.26. The van der Waals surface area contributed by atoms with Gasteiger partial charge in [-0.15, -0.1) is 10.2 Å². The Kier molecular flexibility index (Phi) is 3.94. The second-order valence-corrected chi connectivity index (χ2v) is 6.94. The third-order valence-electron chi connectivity index (χ3n) is 3.18. The fourth-order valence-electron chi connectivity index (χ4n) is 1.88. The SMILES string of the molecule is N#CC(=CNc1cccc(NS(=O)(=O)C2CC2)c1)c1nn[nH]n1. The summed E-state index contributed by atoms with van der Waals surface area (Å²) in [7, 11) is -3.31. The molecule has 1 aromatic carbocycles. The minimum Gasteiger partial charge on any atom is -0.360 e. The second kappa shape index (κ2) is 6.05. The van der Waals surface area contributed by atoms with E-state index in [2.05, 4.69) is 30.7 Å². The van der Waals surface area contributed by atoms with Gasteiger partial charge in [-0.25, -0.2) is 8.42 Å². The van der Waals surface area contributed by atoms with Gasteiger partial charge in [-0.05, 0) is 36.3 Å². The van der Waals surface area contributed by atoms with Crippen molar-refractivity contribution in [3.8, 4) is 6.07 Å². The number of hydrogen-bond donors (Lipinski definition) is 3. The molecule has 0 atom stereocenters. The molecule has 1 aromatic heterocycles. The zero-order valence-electron chi connectivity index (χ0n) is 11.9. The Morgan fingerprint density at radius 1 is 1.39 bits per heavy atom. The number of rotatable bonds is 6. The molecule has 1 aliphatic rings. The highest BCUT2D eigenvalue weighted by Gasteiger charge is 2.35. The molecule has 1 aliphatic carbocycles. The molecular weight excluding hydrogens is 318 g/mol. The van der Waals surface area contributed by atoms with Crippen LogP contribution in [0.3, 0.4) is 0 Å². The van der Waals surface area contributed by atoms with Gasteiger partial charge in [-0.2, -0.15) is 10.5 Å². The van der Waals surface area contributed by atoms with E-state index >= 15 is 0 Å². The fourth-order valence-corrected chi connectivity index (χ4v) is 3.26. The number of sulfonamides is 1. The van der Waals surface area contributed by atoms with Crippen molar-refractivity contribution in [1.82, 2.24) is 20.6 Å². The number of allylic oxidation sites excluding steroid dienone is 1. The Balaban J connectivity index is 1.74. The smallest absolute Gasteiger partial charge is 0.235 e. The van der Waals surface area contributed by atoms with E-state index in [1.54, 1.807) is 24.3 Å². The van der Waals surface area contributed by atoms with Gasteiger partial charge in [-0.1, -0.05) is 6.07 Å². The number of nitrogens with one attached hydrogen (secondary N) is 3. The Morgan fingerprint density at radius 3 is 2.83 bits per heavy atom. The molecule has 2 aromatic rings. The molecule has 118 valence electrons. The molecule has 0 saturated heterocycles. The van der Waals surface area contributed by atoms with Crippen molar-refractivity contribution < 1.29 is 8.42 Å². The summed E-state index contributed by atoms with van der Waals surface area (Å²) in [5, 5.41) is 24.8. The molecule has 0 amide bonds. The number of anilines is 2. The Bertz CT molecular complexity index is 864. The first-order valence-corrected chi connectivity index (χ1v) is 8.35. The van der Waals surface area contributed by atoms with Crippen molar-refractivity contribution >= 4 is 27.0 Å². The highest BCUT2D eigenvalue weighted by Crippen LogP contribution is 2.30. The lowest BCUT2D eigenvalue weighted by molar-refractivity contribution is 0.600. The van der Waals surface area contributed by atoms with Crippen LogP contribution in [0.2, 0.25) is 0 Å². The van der Waals surface area contributed by atoms with E-state index in [1.807, 2.05) is 6.07 Å². The molecule has 1 heterocycles. The van der Waals surface area contributed by atoms with Crippen LogP contribution < -0.4 is 10.0 Å². The summed E-state index contributed by atoms with van der Waals surface area (Å²) in [5.41, 5.74) is 1.29. The molecule has 1 saturated carbocycles. The van der Waals surface area contributed by atoms with Gasteiger partial charge in [-0.3, -0.25) is 4.72 Å². The number of aromatic nitrogens is 4. The molecule has 10 heteroatoms. The maximum atomic E-state index is 11.9. The third-order valence-corrected chi connectivity index (χ3v) is 5.05. The number of nitriles is 1. The Morgan fingerprint density at radius 2 is 2.17 bits per heavy atom. The molecule has 0 radical (unpaired) electrons. The first kappa shape index (κ1) is 15.0. The number of hydrogen-bond acceptors (Lipinski definition) is 7. The lowest BCUT2D eigenvalue weighted by Gasteiger charge is -2.08. The summed E-state index contributed by atoms with van der Waals surface area (Å²) in [4.78, 5) is 0. The van der Waals surface area contributed by atoms with E-state index in [0.717, 1.165) is 0 Å². The third kappa shape index (κ3) is 3.64. The first-order chi connectivity index (χ1) is 11.1. The number of benzene rings is 1. The Labute approximate surface area is 132 Å². The number of aromatic amines is 1. The summed E-state index contributed by atoms with van der Waals surface area (Å²) < 4.78 is 26.4. The molecule has 23 heavy (non-hydrogen) atoms. The average molecular weight is 331 g/mol. The molecule has 0 spiro atoms. The highest BCUT2D eigenvalue weighted by molar-refractivity contribution is 7.93. The minimum absolute atomic E-state index is 0.172. The van der Waals surface area contributed by atoms with Crippen LogP contribution in [0.25, 0.3) is 5.57 Å².